The lowest BCUT2D eigenvalue weighted by Gasteiger charge is -2.32. The van der Waals surface area contributed by atoms with Crippen LogP contribution in [-0.4, -0.2) is 16.3 Å². The maximum absolute atomic E-state index is 10.8. The minimum absolute atomic E-state index is 0.139. The first-order chi connectivity index (χ1) is 6.77. The second-order valence-corrected chi connectivity index (χ2v) is 4.80. The SMILES string of the molecule is O=C(O)C1CCC1Sc1ccccc1. The molecule has 0 bridgehead atoms. The molecule has 1 aromatic rings. The smallest absolute Gasteiger partial charge is 0.307 e. The molecule has 0 heterocycles. The van der Waals surface area contributed by atoms with Crippen molar-refractivity contribution in [2.75, 3.05) is 0 Å². The fourth-order valence-electron chi connectivity index (χ4n) is 1.57. The average molecular weight is 208 g/mol. The van der Waals surface area contributed by atoms with Gasteiger partial charge < -0.3 is 5.11 Å². The minimum atomic E-state index is -0.648. The van der Waals surface area contributed by atoms with Gasteiger partial charge in [0.25, 0.3) is 0 Å². The van der Waals surface area contributed by atoms with Gasteiger partial charge in [-0.3, -0.25) is 4.79 Å². The second kappa shape index (κ2) is 4.05. The van der Waals surface area contributed by atoms with Gasteiger partial charge in [0.1, 0.15) is 0 Å². The molecule has 0 aromatic heterocycles. The first kappa shape index (κ1) is 9.59. The maximum atomic E-state index is 10.8. The lowest BCUT2D eigenvalue weighted by atomic mass is 9.85. The largest absolute Gasteiger partial charge is 0.481 e. The van der Waals surface area contributed by atoms with Crippen molar-refractivity contribution >= 4 is 17.7 Å². The van der Waals surface area contributed by atoms with Crippen molar-refractivity contribution in [2.24, 2.45) is 5.92 Å². The number of carbonyl (C=O) groups is 1. The second-order valence-electron chi connectivity index (χ2n) is 3.49. The lowest BCUT2D eigenvalue weighted by molar-refractivity contribution is -0.144. The van der Waals surface area contributed by atoms with E-state index < -0.39 is 5.97 Å². The molecular formula is C11H12O2S. The highest BCUT2D eigenvalue weighted by Gasteiger charge is 2.36. The number of rotatable bonds is 3. The monoisotopic (exact) mass is 208 g/mol. The van der Waals surface area contributed by atoms with Gasteiger partial charge in [-0.1, -0.05) is 18.2 Å². The van der Waals surface area contributed by atoms with Crippen LogP contribution >= 0.6 is 11.8 Å². The number of aliphatic carboxylic acids is 1. The molecule has 1 saturated carbocycles. The van der Waals surface area contributed by atoms with E-state index in [4.69, 9.17) is 5.11 Å². The Kier molecular flexibility index (Phi) is 2.77. The Bertz CT molecular complexity index is 323. The molecule has 74 valence electrons. The number of benzene rings is 1. The van der Waals surface area contributed by atoms with Crippen LogP contribution in [0, 0.1) is 5.92 Å². The van der Waals surface area contributed by atoms with Crippen molar-refractivity contribution in [2.45, 2.75) is 23.0 Å². The third kappa shape index (κ3) is 1.93. The molecule has 3 heteroatoms. The van der Waals surface area contributed by atoms with E-state index in [1.807, 2.05) is 30.3 Å². The zero-order chi connectivity index (χ0) is 9.97. The van der Waals surface area contributed by atoms with Crippen molar-refractivity contribution in [1.29, 1.82) is 0 Å². The standard InChI is InChI=1S/C11H12O2S/c12-11(13)9-6-7-10(9)14-8-4-2-1-3-5-8/h1-5,9-10H,6-7H2,(H,12,13). The third-order valence-electron chi connectivity index (χ3n) is 2.56. The molecule has 0 saturated heterocycles. The predicted octanol–water partition coefficient (Wildman–Crippen LogP) is 2.64. The summed E-state index contributed by atoms with van der Waals surface area (Å²) in [5, 5.41) is 9.14. The molecule has 1 aliphatic carbocycles. The Labute approximate surface area is 87.3 Å². The summed E-state index contributed by atoms with van der Waals surface area (Å²) in [6, 6.07) is 10.00. The molecule has 2 nitrogen and oxygen atoms in total. The Hall–Kier alpha value is -0.960. The topological polar surface area (TPSA) is 37.3 Å². The Balaban J connectivity index is 1.96. The van der Waals surface area contributed by atoms with Crippen molar-refractivity contribution in [3.8, 4) is 0 Å². The third-order valence-corrected chi connectivity index (χ3v) is 3.97. The molecule has 1 N–H and O–H groups in total. The van der Waals surface area contributed by atoms with Gasteiger partial charge in [-0.15, -0.1) is 11.8 Å². The Morgan fingerprint density at radius 1 is 1.29 bits per heavy atom. The fourth-order valence-corrected chi connectivity index (χ4v) is 2.90. The molecule has 14 heavy (non-hydrogen) atoms. The zero-order valence-corrected chi connectivity index (χ0v) is 8.54. The van der Waals surface area contributed by atoms with Crippen LogP contribution < -0.4 is 0 Å². The number of hydrogen-bond donors (Lipinski definition) is 1. The van der Waals surface area contributed by atoms with Crippen LogP contribution in [0.25, 0.3) is 0 Å². The van der Waals surface area contributed by atoms with E-state index in [1.54, 1.807) is 11.8 Å². The van der Waals surface area contributed by atoms with Crippen LogP contribution in [0.2, 0.25) is 0 Å². The van der Waals surface area contributed by atoms with Crippen molar-refractivity contribution < 1.29 is 9.90 Å². The van der Waals surface area contributed by atoms with E-state index in [1.165, 1.54) is 4.90 Å². The van der Waals surface area contributed by atoms with E-state index in [0.717, 1.165) is 12.8 Å². The zero-order valence-electron chi connectivity index (χ0n) is 7.72. The molecule has 0 radical (unpaired) electrons. The highest BCUT2D eigenvalue weighted by Crippen LogP contribution is 2.41. The van der Waals surface area contributed by atoms with Gasteiger partial charge in [0.2, 0.25) is 0 Å². The summed E-state index contributed by atoms with van der Waals surface area (Å²) in [5.41, 5.74) is 0. The van der Waals surface area contributed by atoms with E-state index in [0.29, 0.717) is 0 Å². The van der Waals surface area contributed by atoms with Crippen LogP contribution in [0.5, 0.6) is 0 Å². The number of hydrogen-bond acceptors (Lipinski definition) is 2. The maximum Gasteiger partial charge on any atom is 0.307 e. The molecule has 0 amide bonds. The van der Waals surface area contributed by atoms with Gasteiger partial charge in [0.05, 0.1) is 5.92 Å². The fraction of sp³-hybridized carbons (Fsp3) is 0.364. The van der Waals surface area contributed by atoms with Gasteiger partial charge in [-0.25, -0.2) is 0 Å². The molecule has 0 spiro atoms. The van der Waals surface area contributed by atoms with Gasteiger partial charge in [-0.05, 0) is 25.0 Å². The quantitative estimate of drug-likeness (QED) is 0.829. The van der Waals surface area contributed by atoms with Crippen LogP contribution in [0.4, 0.5) is 0 Å². The lowest BCUT2D eigenvalue weighted by Crippen LogP contribution is -2.35. The summed E-state index contributed by atoms with van der Waals surface area (Å²) in [7, 11) is 0. The molecule has 2 rings (SSSR count). The molecule has 0 aliphatic heterocycles. The van der Waals surface area contributed by atoms with Crippen LogP contribution in [-0.2, 0) is 4.79 Å². The molecule has 1 aliphatic rings. The van der Waals surface area contributed by atoms with Crippen molar-refractivity contribution in [3.63, 3.8) is 0 Å². The van der Waals surface area contributed by atoms with Gasteiger partial charge >= 0.3 is 5.97 Å². The van der Waals surface area contributed by atoms with E-state index in [2.05, 4.69) is 0 Å². The van der Waals surface area contributed by atoms with Gasteiger partial charge in [-0.2, -0.15) is 0 Å². The molecular weight excluding hydrogens is 196 g/mol. The van der Waals surface area contributed by atoms with E-state index in [-0.39, 0.29) is 11.2 Å². The molecule has 2 atom stereocenters. The average Bonchev–Trinajstić information content (AvgIpc) is 2.13. The predicted molar refractivity (Wildman–Crippen MR) is 56.4 cm³/mol. The molecule has 1 fully saturated rings. The molecule has 2 unspecified atom stereocenters. The summed E-state index contributed by atoms with van der Waals surface area (Å²) in [6.07, 6.45) is 1.86. The van der Waals surface area contributed by atoms with Crippen LogP contribution in [0.15, 0.2) is 35.2 Å². The highest BCUT2D eigenvalue weighted by molar-refractivity contribution is 8.00. The molecule has 1 aromatic carbocycles. The first-order valence-electron chi connectivity index (χ1n) is 4.72. The van der Waals surface area contributed by atoms with E-state index in [9.17, 15) is 4.79 Å². The summed E-state index contributed by atoms with van der Waals surface area (Å²) < 4.78 is 0. The summed E-state index contributed by atoms with van der Waals surface area (Å²) >= 11 is 1.69. The number of carboxylic acids is 1. The number of carboxylic acid groups (broad SMARTS) is 1. The van der Waals surface area contributed by atoms with Crippen molar-refractivity contribution in [1.82, 2.24) is 0 Å². The summed E-state index contributed by atoms with van der Waals surface area (Å²) in [6.45, 7) is 0. The summed E-state index contributed by atoms with van der Waals surface area (Å²) in [5.74, 6) is -0.787. The van der Waals surface area contributed by atoms with Gasteiger partial charge in [0, 0.05) is 10.1 Å². The normalized spacial score (nSPS) is 25.4. The van der Waals surface area contributed by atoms with Gasteiger partial charge in [0.15, 0.2) is 0 Å². The van der Waals surface area contributed by atoms with Crippen LogP contribution in [0.1, 0.15) is 12.8 Å². The highest BCUT2D eigenvalue weighted by atomic mass is 32.2. The van der Waals surface area contributed by atoms with E-state index >= 15 is 0 Å². The minimum Gasteiger partial charge on any atom is -0.481 e. The summed E-state index contributed by atoms with van der Waals surface area (Å²) in [4.78, 5) is 11.9. The Morgan fingerprint density at radius 2 is 2.00 bits per heavy atom. The number of thioether (sulfide) groups is 1. The first-order valence-corrected chi connectivity index (χ1v) is 5.60. The van der Waals surface area contributed by atoms with Crippen LogP contribution in [0.3, 0.4) is 0 Å². The Morgan fingerprint density at radius 3 is 2.50 bits per heavy atom. The van der Waals surface area contributed by atoms with Crippen molar-refractivity contribution in [3.05, 3.63) is 30.3 Å².